The van der Waals surface area contributed by atoms with Gasteiger partial charge in [-0.1, -0.05) is 23.5 Å². The zero-order valence-corrected chi connectivity index (χ0v) is 13.9. The summed E-state index contributed by atoms with van der Waals surface area (Å²) >= 11 is 1.62. The van der Waals surface area contributed by atoms with Gasteiger partial charge in [0.15, 0.2) is 5.13 Å². The van der Waals surface area contributed by atoms with Crippen LogP contribution in [0.2, 0.25) is 0 Å². The number of carbonyl (C=O) groups is 1. The molecule has 5 nitrogen and oxygen atoms in total. The highest BCUT2D eigenvalue weighted by Crippen LogP contribution is 2.35. The molecule has 4 rings (SSSR count). The second kappa shape index (κ2) is 6.55. The number of morpholine rings is 1. The van der Waals surface area contributed by atoms with Crippen LogP contribution < -0.4 is 4.90 Å². The first-order valence-corrected chi connectivity index (χ1v) is 9.10. The average molecular weight is 331 g/mol. The maximum atomic E-state index is 12.7. The van der Waals surface area contributed by atoms with Crippen molar-refractivity contribution in [2.45, 2.75) is 12.8 Å². The molecule has 2 heterocycles. The zero-order valence-electron chi connectivity index (χ0n) is 13.1. The number of thiazole rings is 1. The number of benzene rings is 1. The summed E-state index contributed by atoms with van der Waals surface area (Å²) in [5.74, 6) is 0.462. The molecule has 0 spiro atoms. The Balaban J connectivity index is 1.53. The molecule has 0 N–H and O–H groups in total. The van der Waals surface area contributed by atoms with Crippen LogP contribution in [0.5, 0.6) is 0 Å². The molecule has 1 aliphatic carbocycles. The standard InChI is InChI=1S/C17H21N3O2S/c21-16(13-5-6-13)20(8-7-19-9-11-22-12-10-19)17-18-14-3-1-2-4-15(14)23-17/h1-4,13H,5-12H2. The second-order valence-electron chi connectivity index (χ2n) is 6.18. The lowest BCUT2D eigenvalue weighted by atomic mass is 10.3. The molecular formula is C17H21N3O2S. The van der Waals surface area contributed by atoms with Crippen LogP contribution in [0.3, 0.4) is 0 Å². The normalized spacial score (nSPS) is 19.1. The van der Waals surface area contributed by atoms with Crippen LogP contribution in [0, 0.1) is 5.92 Å². The summed E-state index contributed by atoms with van der Waals surface area (Å²) in [7, 11) is 0. The summed E-state index contributed by atoms with van der Waals surface area (Å²) in [5, 5.41) is 0.844. The Bertz CT molecular complexity index is 659. The van der Waals surface area contributed by atoms with Crippen molar-refractivity contribution in [2.24, 2.45) is 5.92 Å². The van der Waals surface area contributed by atoms with Gasteiger partial charge in [0, 0.05) is 32.1 Å². The van der Waals surface area contributed by atoms with Crippen molar-refractivity contribution in [3.63, 3.8) is 0 Å². The summed E-state index contributed by atoms with van der Waals surface area (Å²) < 4.78 is 6.54. The van der Waals surface area contributed by atoms with Gasteiger partial charge < -0.3 is 4.74 Å². The Morgan fingerprint density at radius 3 is 2.83 bits per heavy atom. The molecule has 23 heavy (non-hydrogen) atoms. The fraction of sp³-hybridized carbons (Fsp3) is 0.529. The molecule has 2 aliphatic rings. The molecular weight excluding hydrogens is 310 g/mol. The average Bonchev–Trinajstić information content (AvgIpc) is 3.35. The minimum atomic E-state index is 0.215. The van der Waals surface area contributed by atoms with E-state index >= 15 is 0 Å². The number of aromatic nitrogens is 1. The molecule has 1 aromatic heterocycles. The van der Waals surface area contributed by atoms with Crippen molar-refractivity contribution in [3.8, 4) is 0 Å². The maximum Gasteiger partial charge on any atom is 0.231 e. The number of carbonyl (C=O) groups excluding carboxylic acids is 1. The smallest absolute Gasteiger partial charge is 0.231 e. The summed E-state index contributed by atoms with van der Waals surface area (Å²) in [6.07, 6.45) is 2.05. The van der Waals surface area contributed by atoms with Crippen LogP contribution >= 0.6 is 11.3 Å². The van der Waals surface area contributed by atoms with Gasteiger partial charge in [0.2, 0.25) is 5.91 Å². The van der Waals surface area contributed by atoms with Gasteiger partial charge in [0.05, 0.1) is 23.4 Å². The predicted molar refractivity (Wildman–Crippen MR) is 92.0 cm³/mol. The van der Waals surface area contributed by atoms with E-state index in [-0.39, 0.29) is 11.8 Å². The molecule has 6 heteroatoms. The molecule has 0 unspecified atom stereocenters. The molecule has 122 valence electrons. The first kappa shape index (κ1) is 15.1. The fourth-order valence-corrected chi connectivity index (χ4v) is 3.89. The van der Waals surface area contributed by atoms with E-state index in [0.717, 1.165) is 67.6 Å². The Morgan fingerprint density at radius 1 is 1.30 bits per heavy atom. The summed E-state index contributed by atoms with van der Waals surface area (Å²) in [6.45, 7) is 5.08. The number of ether oxygens (including phenoxy) is 1. The van der Waals surface area contributed by atoms with Crippen molar-refractivity contribution in [1.82, 2.24) is 9.88 Å². The molecule has 0 radical (unpaired) electrons. The van der Waals surface area contributed by atoms with E-state index in [0.29, 0.717) is 0 Å². The SMILES string of the molecule is O=C(C1CC1)N(CCN1CCOCC1)c1nc2ccccc2s1. The van der Waals surface area contributed by atoms with E-state index in [1.165, 1.54) is 0 Å². The van der Waals surface area contributed by atoms with E-state index in [2.05, 4.69) is 16.0 Å². The molecule has 0 bridgehead atoms. The molecule has 1 aliphatic heterocycles. The van der Waals surface area contributed by atoms with Crippen LogP contribution in [0.15, 0.2) is 24.3 Å². The van der Waals surface area contributed by atoms with E-state index in [1.54, 1.807) is 11.3 Å². The lowest BCUT2D eigenvalue weighted by molar-refractivity contribution is -0.119. The molecule has 1 saturated carbocycles. The van der Waals surface area contributed by atoms with Crippen LogP contribution in [-0.2, 0) is 9.53 Å². The molecule has 2 fully saturated rings. The second-order valence-corrected chi connectivity index (χ2v) is 7.19. The van der Waals surface area contributed by atoms with Gasteiger partial charge >= 0.3 is 0 Å². The van der Waals surface area contributed by atoms with Crippen LogP contribution in [0.25, 0.3) is 10.2 Å². The molecule has 0 atom stereocenters. The van der Waals surface area contributed by atoms with Crippen molar-refractivity contribution >= 4 is 32.6 Å². The number of amides is 1. The summed E-state index contributed by atoms with van der Waals surface area (Å²) in [6, 6.07) is 8.09. The first-order valence-electron chi connectivity index (χ1n) is 8.28. The van der Waals surface area contributed by atoms with Crippen molar-refractivity contribution in [3.05, 3.63) is 24.3 Å². The van der Waals surface area contributed by atoms with Gasteiger partial charge in [-0.3, -0.25) is 14.6 Å². The number of para-hydroxylation sites is 1. The Kier molecular flexibility index (Phi) is 4.29. The van der Waals surface area contributed by atoms with Gasteiger partial charge in [-0.2, -0.15) is 0 Å². The van der Waals surface area contributed by atoms with E-state index in [9.17, 15) is 4.79 Å². The minimum Gasteiger partial charge on any atom is -0.379 e. The van der Waals surface area contributed by atoms with Gasteiger partial charge in [-0.15, -0.1) is 0 Å². The van der Waals surface area contributed by atoms with Crippen molar-refractivity contribution in [1.29, 1.82) is 0 Å². The monoisotopic (exact) mass is 331 g/mol. The van der Waals surface area contributed by atoms with Crippen LogP contribution in [-0.4, -0.2) is 55.2 Å². The lowest BCUT2D eigenvalue weighted by Gasteiger charge is -2.29. The Labute approximate surface area is 139 Å². The highest BCUT2D eigenvalue weighted by Gasteiger charge is 2.35. The number of fused-ring (bicyclic) bond motifs is 1. The molecule has 1 saturated heterocycles. The molecule has 1 aromatic carbocycles. The molecule has 2 aromatic rings. The van der Waals surface area contributed by atoms with Crippen LogP contribution in [0.1, 0.15) is 12.8 Å². The number of hydrogen-bond acceptors (Lipinski definition) is 5. The largest absolute Gasteiger partial charge is 0.379 e. The summed E-state index contributed by atoms with van der Waals surface area (Å²) in [5.41, 5.74) is 0.979. The topological polar surface area (TPSA) is 45.7 Å². The van der Waals surface area contributed by atoms with E-state index in [1.807, 2.05) is 23.1 Å². The van der Waals surface area contributed by atoms with E-state index < -0.39 is 0 Å². The Hall–Kier alpha value is -1.50. The van der Waals surface area contributed by atoms with Gasteiger partial charge in [-0.05, 0) is 25.0 Å². The van der Waals surface area contributed by atoms with Gasteiger partial charge in [0.25, 0.3) is 0 Å². The van der Waals surface area contributed by atoms with Gasteiger partial charge in [0.1, 0.15) is 0 Å². The number of rotatable bonds is 5. The quantitative estimate of drug-likeness (QED) is 0.844. The zero-order chi connectivity index (χ0) is 15.6. The lowest BCUT2D eigenvalue weighted by Crippen LogP contribution is -2.43. The van der Waals surface area contributed by atoms with Crippen molar-refractivity contribution < 1.29 is 9.53 Å². The van der Waals surface area contributed by atoms with Crippen molar-refractivity contribution in [2.75, 3.05) is 44.3 Å². The highest BCUT2D eigenvalue weighted by atomic mass is 32.1. The number of nitrogens with zero attached hydrogens (tertiary/aromatic N) is 3. The third kappa shape index (κ3) is 3.39. The van der Waals surface area contributed by atoms with Gasteiger partial charge in [-0.25, -0.2) is 4.98 Å². The Morgan fingerprint density at radius 2 is 2.09 bits per heavy atom. The minimum absolute atomic E-state index is 0.215. The predicted octanol–water partition coefficient (Wildman–Crippen LogP) is 2.37. The number of anilines is 1. The highest BCUT2D eigenvalue weighted by molar-refractivity contribution is 7.22. The maximum absolute atomic E-state index is 12.7. The third-order valence-corrected chi connectivity index (χ3v) is 5.51. The molecule has 1 amide bonds. The van der Waals surface area contributed by atoms with Crippen LogP contribution in [0.4, 0.5) is 5.13 Å². The van der Waals surface area contributed by atoms with E-state index in [4.69, 9.17) is 4.74 Å². The fourth-order valence-electron chi connectivity index (χ4n) is 2.89. The third-order valence-electron chi connectivity index (χ3n) is 4.45. The number of hydrogen-bond donors (Lipinski definition) is 0. The first-order chi connectivity index (χ1) is 11.3. The summed E-state index contributed by atoms with van der Waals surface area (Å²) in [4.78, 5) is 21.7.